The van der Waals surface area contributed by atoms with Crippen LogP contribution in [-0.2, 0) is 0 Å². The first-order valence-corrected chi connectivity index (χ1v) is 7.78. The summed E-state index contributed by atoms with van der Waals surface area (Å²) in [4.78, 5) is 12.5. The van der Waals surface area contributed by atoms with Gasteiger partial charge in [-0.25, -0.2) is 0 Å². The fourth-order valence-electron chi connectivity index (χ4n) is 2.51. The Kier molecular flexibility index (Phi) is 4.66. The molecular weight excluding hydrogens is 302 g/mol. The lowest BCUT2D eigenvalue weighted by Gasteiger charge is -2.18. The first kappa shape index (κ1) is 15.9. The zero-order chi connectivity index (χ0) is 16.9. The van der Waals surface area contributed by atoms with E-state index in [9.17, 15) is 4.79 Å². The fourth-order valence-corrected chi connectivity index (χ4v) is 2.51. The standard InChI is InChI=1S/C20H19NO3/c1-3-15-6-4-5-7-17(15)21-14(2)12-18(22)16-8-9-19-20(13-16)24-11-10-23-19/h3-9,12-13,21H,1,10-11H2,2H3/b14-12-. The van der Waals surface area contributed by atoms with Crippen molar-refractivity contribution < 1.29 is 14.3 Å². The van der Waals surface area contributed by atoms with Crippen molar-refractivity contribution in [3.05, 3.63) is 71.9 Å². The molecule has 0 unspecified atom stereocenters. The van der Waals surface area contributed by atoms with E-state index in [1.807, 2.05) is 31.2 Å². The van der Waals surface area contributed by atoms with Gasteiger partial charge in [0.05, 0.1) is 0 Å². The van der Waals surface area contributed by atoms with Crippen molar-refractivity contribution in [1.29, 1.82) is 0 Å². The highest BCUT2D eigenvalue weighted by atomic mass is 16.6. The summed E-state index contributed by atoms with van der Waals surface area (Å²) in [5.41, 5.74) is 3.22. The molecule has 0 radical (unpaired) electrons. The molecule has 0 bridgehead atoms. The van der Waals surface area contributed by atoms with E-state index in [2.05, 4.69) is 11.9 Å². The van der Waals surface area contributed by atoms with Crippen LogP contribution in [-0.4, -0.2) is 19.0 Å². The molecule has 0 saturated heterocycles. The molecule has 0 aromatic heterocycles. The Balaban J connectivity index is 1.77. The van der Waals surface area contributed by atoms with Crippen LogP contribution >= 0.6 is 0 Å². The van der Waals surface area contributed by atoms with Crippen molar-refractivity contribution in [2.75, 3.05) is 18.5 Å². The number of nitrogens with one attached hydrogen (secondary N) is 1. The van der Waals surface area contributed by atoms with Gasteiger partial charge in [-0.15, -0.1) is 0 Å². The minimum atomic E-state index is -0.0898. The van der Waals surface area contributed by atoms with Crippen molar-refractivity contribution in [2.24, 2.45) is 0 Å². The largest absolute Gasteiger partial charge is 0.486 e. The molecule has 4 heteroatoms. The summed E-state index contributed by atoms with van der Waals surface area (Å²) in [5, 5.41) is 3.24. The zero-order valence-corrected chi connectivity index (χ0v) is 13.5. The molecule has 1 aliphatic heterocycles. The molecule has 0 atom stereocenters. The number of rotatable bonds is 5. The Labute approximate surface area is 141 Å². The van der Waals surface area contributed by atoms with Crippen LogP contribution in [0, 0.1) is 0 Å². The van der Waals surface area contributed by atoms with E-state index in [4.69, 9.17) is 9.47 Å². The van der Waals surface area contributed by atoms with Gasteiger partial charge in [0.2, 0.25) is 0 Å². The Hall–Kier alpha value is -3.01. The second-order valence-corrected chi connectivity index (χ2v) is 5.47. The molecule has 0 amide bonds. The molecule has 3 rings (SSSR count). The lowest BCUT2D eigenvalue weighted by Crippen LogP contribution is -2.15. The van der Waals surface area contributed by atoms with E-state index in [0.717, 1.165) is 16.9 Å². The van der Waals surface area contributed by atoms with Crippen LogP contribution in [0.5, 0.6) is 11.5 Å². The van der Waals surface area contributed by atoms with Gasteiger partial charge in [-0.2, -0.15) is 0 Å². The third kappa shape index (κ3) is 3.49. The molecule has 1 aliphatic rings. The predicted molar refractivity (Wildman–Crippen MR) is 95.7 cm³/mol. The van der Waals surface area contributed by atoms with Gasteiger partial charge in [0.1, 0.15) is 13.2 Å². The second-order valence-electron chi connectivity index (χ2n) is 5.47. The summed E-state index contributed by atoms with van der Waals surface area (Å²) in [5.74, 6) is 1.20. The Morgan fingerprint density at radius 2 is 1.88 bits per heavy atom. The molecule has 1 N–H and O–H groups in total. The lowest BCUT2D eigenvalue weighted by molar-refractivity contribution is 0.104. The highest BCUT2D eigenvalue weighted by Gasteiger charge is 2.14. The van der Waals surface area contributed by atoms with Gasteiger partial charge in [-0.1, -0.05) is 30.9 Å². The topological polar surface area (TPSA) is 47.6 Å². The number of carbonyl (C=O) groups is 1. The molecule has 24 heavy (non-hydrogen) atoms. The maximum atomic E-state index is 12.5. The average molecular weight is 321 g/mol. The van der Waals surface area contributed by atoms with E-state index in [1.165, 1.54) is 0 Å². The number of ether oxygens (including phenoxy) is 2. The van der Waals surface area contributed by atoms with Crippen LogP contribution in [0.15, 0.2) is 60.8 Å². The van der Waals surface area contributed by atoms with Crippen LogP contribution < -0.4 is 14.8 Å². The summed E-state index contributed by atoms with van der Waals surface area (Å²) in [6.07, 6.45) is 3.35. The maximum absolute atomic E-state index is 12.5. The SMILES string of the molecule is C=Cc1ccccc1N/C(C)=C\C(=O)c1ccc2c(c1)OCCO2. The van der Waals surface area contributed by atoms with Gasteiger partial charge >= 0.3 is 0 Å². The van der Waals surface area contributed by atoms with E-state index < -0.39 is 0 Å². The normalized spacial score (nSPS) is 13.3. The number of ketones is 1. The van der Waals surface area contributed by atoms with Crippen molar-refractivity contribution in [1.82, 2.24) is 0 Å². The minimum Gasteiger partial charge on any atom is -0.486 e. The smallest absolute Gasteiger partial charge is 0.187 e. The van der Waals surface area contributed by atoms with Gasteiger partial charge in [0.15, 0.2) is 17.3 Å². The summed E-state index contributed by atoms with van der Waals surface area (Å²) in [6, 6.07) is 13.0. The number of allylic oxidation sites excluding steroid dienone is 2. The van der Waals surface area contributed by atoms with E-state index in [-0.39, 0.29) is 5.78 Å². The lowest BCUT2D eigenvalue weighted by atomic mass is 10.1. The van der Waals surface area contributed by atoms with Crippen LogP contribution in [0.1, 0.15) is 22.8 Å². The molecular formula is C20H19NO3. The van der Waals surface area contributed by atoms with E-state index >= 15 is 0 Å². The molecule has 0 aliphatic carbocycles. The molecule has 0 saturated carbocycles. The molecule has 2 aromatic carbocycles. The Morgan fingerprint density at radius 1 is 1.12 bits per heavy atom. The minimum absolute atomic E-state index is 0.0898. The first-order chi connectivity index (χ1) is 11.7. The third-order valence-electron chi connectivity index (χ3n) is 3.69. The molecule has 0 spiro atoms. The summed E-state index contributed by atoms with van der Waals surface area (Å²) < 4.78 is 11.0. The number of benzene rings is 2. The molecule has 122 valence electrons. The van der Waals surface area contributed by atoms with Crippen LogP contribution in [0.3, 0.4) is 0 Å². The van der Waals surface area contributed by atoms with Crippen LogP contribution in [0.4, 0.5) is 5.69 Å². The number of fused-ring (bicyclic) bond motifs is 1. The summed E-state index contributed by atoms with van der Waals surface area (Å²) >= 11 is 0. The number of para-hydroxylation sites is 1. The number of carbonyl (C=O) groups excluding carboxylic acids is 1. The van der Waals surface area contributed by atoms with E-state index in [1.54, 1.807) is 30.4 Å². The van der Waals surface area contributed by atoms with Gasteiger partial charge < -0.3 is 14.8 Å². The number of hydrogen-bond acceptors (Lipinski definition) is 4. The molecule has 1 heterocycles. The quantitative estimate of drug-likeness (QED) is 0.659. The fraction of sp³-hybridized carbons (Fsp3) is 0.150. The zero-order valence-electron chi connectivity index (χ0n) is 13.5. The maximum Gasteiger partial charge on any atom is 0.187 e. The number of hydrogen-bond donors (Lipinski definition) is 1. The average Bonchev–Trinajstić information content (AvgIpc) is 2.61. The van der Waals surface area contributed by atoms with Crippen LogP contribution in [0.2, 0.25) is 0 Å². The monoisotopic (exact) mass is 321 g/mol. The first-order valence-electron chi connectivity index (χ1n) is 7.78. The van der Waals surface area contributed by atoms with Gasteiger partial charge in [-0.05, 0) is 36.8 Å². The van der Waals surface area contributed by atoms with E-state index in [0.29, 0.717) is 30.3 Å². The number of anilines is 1. The third-order valence-corrected chi connectivity index (χ3v) is 3.69. The Bertz CT molecular complexity index is 808. The molecule has 2 aromatic rings. The van der Waals surface area contributed by atoms with Crippen molar-refractivity contribution in [3.8, 4) is 11.5 Å². The predicted octanol–water partition coefficient (Wildman–Crippen LogP) is 4.30. The highest BCUT2D eigenvalue weighted by Crippen LogP contribution is 2.31. The van der Waals surface area contributed by atoms with Crippen molar-refractivity contribution >= 4 is 17.5 Å². The van der Waals surface area contributed by atoms with Gasteiger partial charge in [-0.3, -0.25) is 4.79 Å². The highest BCUT2D eigenvalue weighted by molar-refractivity contribution is 6.05. The summed E-state index contributed by atoms with van der Waals surface area (Å²) in [7, 11) is 0. The Morgan fingerprint density at radius 3 is 2.67 bits per heavy atom. The van der Waals surface area contributed by atoms with Crippen molar-refractivity contribution in [2.45, 2.75) is 6.92 Å². The summed E-state index contributed by atoms with van der Waals surface area (Å²) in [6.45, 7) is 6.69. The second kappa shape index (κ2) is 7.04. The molecule has 4 nitrogen and oxygen atoms in total. The van der Waals surface area contributed by atoms with Gasteiger partial charge in [0.25, 0.3) is 0 Å². The van der Waals surface area contributed by atoms with Crippen molar-refractivity contribution in [3.63, 3.8) is 0 Å². The van der Waals surface area contributed by atoms with Crippen LogP contribution in [0.25, 0.3) is 6.08 Å². The molecule has 0 fully saturated rings. The van der Waals surface area contributed by atoms with Gasteiger partial charge in [0, 0.05) is 23.0 Å².